The highest BCUT2D eigenvalue weighted by Crippen LogP contribution is 1.92. The maximum Gasteiger partial charge on any atom is 0.340 e. The molecule has 0 aromatic heterocycles. The number of ether oxygens (including phenoxy) is 1. The summed E-state index contributed by atoms with van der Waals surface area (Å²) >= 11 is 3.60. The smallest absolute Gasteiger partial charge is 0.340 e. The van der Waals surface area contributed by atoms with Gasteiger partial charge < -0.3 is 4.74 Å². The second kappa shape index (κ2) is 4.11. The average Bonchev–Trinajstić information content (AvgIpc) is 1.87. The van der Waals surface area contributed by atoms with E-state index in [4.69, 9.17) is 0 Å². The summed E-state index contributed by atoms with van der Waals surface area (Å²) in [7, 11) is 0. The largest absolute Gasteiger partial charge is 0.389 e. The molecule has 0 aromatic carbocycles. The molecule has 10 heavy (non-hydrogen) atoms. The Kier molecular flexibility index (Phi) is 3.79. The Morgan fingerprint density at radius 3 is 2.40 bits per heavy atom. The first kappa shape index (κ1) is 9.23. The van der Waals surface area contributed by atoms with E-state index in [1.165, 1.54) is 6.92 Å². The van der Waals surface area contributed by atoms with E-state index < -0.39 is 11.9 Å². The average molecular weight is 160 g/mol. The fourth-order valence-corrected chi connectivity index (χ4v) is 0.287. The maximum absolute atomic E-state index is 10.5. The molecule has 0 bridgehead atoms. The molecule has 56 valence electrons. The second-order valence-corrected chi connectivity index (χ2v) is 2.02. The van der Waals surface area contributed by atoms with Crippen LogP contribution in [0.15, 0.2) is 12.2 Å². The van der Waals surface area contributed by atoms with E-state index in [0.717, 1.165) is 0 Å². The Balaban J connectivity index is 3.80. The lowest BCUT2D eigenvalue weighted by atomic mass is 10.4. The van der Waals surface area contributed by atoms with Gasteiger partial charge in [-0.25, -0.2) is 4.79 Å². The van der Waals surface area contributed by atoms with Gasteiger partial charge in [-0.15, -0.1) is 0 Å². The summed E-state index contributed by atoms with van der Waals surface area (Å²) in [6, 6.07) is 0. The summed E-state index contributed by atoms with van der Waals surface area (Å²) in [4.78, 5) is 20.9. The SMILES string of the molecule is C=C(C)C(=O)OC(=O)CS. The molecule has 0 aliphatic heterocycles. The van der Waals surface area contributed by atoms with Gasteiger partial charge in [0, 0.05) is 5.57 Å². The van der Waals surface area contributed by atoms with Crippen LogP contribution >= 0.6 is 12.6 Å². The first-order chi connectivity index (χ1) is 4.57. The monoisotopic (exact) mass is 160 g/mol. The number of carbonyl (C=O) groups is 2. The lowest BCUT2D eigenvalue weighted by molar-refractivity contribution is -0.154. The quantitative estimate of drug-likeness (QED) is 0.278. The number of hydrogen-bond donors (Lipinski definition) is 1. The highest BCUT2D eigenvalue weighted by atomic mass is 32.1. The minimum atomic E-state index is -0.695. The Hall–Kier alpha value is -0.770. The van der Waals surface area contributed by atoms with Crippen LogP contribution < -0.4 is 0 Å². The zero-order chi connectivity index (χ0) is 8.15. The molecular weight excluding hydrogens is 152 g/mol. The Morgan fingerprint density at radius 1 is 1.60 bits per heavy atom. The summed E-state index contributed by atoms with van der Waals surface area (Å²) in [6.45, 7) is 4.76. The third kappa shape index (κ3) is 3.29. The molecule has 0 saturated heterocycles. The lowest BCUT2D eigenvalue weighted by Gasteiger charge is -1.97. The molecule has 0 aliphatic carbocycles. The van der Waals surface area contributed by atoms with Gasteiger partial charge in [0.15, 0.2) is 0 Å². The van der Waals surface area contributed by atoms with E-state index >= 15 is 0 Å². The van der Waals surface area contributed by atoms with Gasteiger partial charge in [0.2, 0.25) is 0 Å². The van der Waals surface area contributed by atoms with Crippen molar-refractivity contribution in [3.63, 3.8) is 0 Å². The molecule has 0 spiro atoms. The molecular formula is C6H8O3S. The van der Waals surface area contributed by atoms with E-state index in [9.17, 15) is 9.59 Å². The summed E-state index contributed by atoms with van der Waals surface area (Å²) < 4.78 is 4.21. The normalized spacial score (nSPS) is 8.60. The third-order valence-electron chi connectivity index (χ3n) is 0.684. The lowest BCUT2D eigenvalue weighted by Crippen LogP contribution is -2.13. The van der Waals surface area contributed by atoms with Crippen LogP contribution in [0.3, 0.4) is 0 Å². The van der Waals surface area contributed by atoms with Crippen LogP contribution in [0.2, 0.25) is 0 Å². The minimum Gasteiger partial charge on any atom is -0.389 e. The maximum atomic E-state index is 10.5. The van der Waals surface area contributed by atoms with Crippen molar-refractivity contribution in [1.29, 1.82) is 0 Å². The second-order valence-electron chi connectivity index (χ2n) is 1.70. The van der Waals surface area contributed by atoms with Crippen molar-refractivity contribution in [1.82, 2.24) is 0 Å². The van der Waals surface area contributed by atoms with Crippen LogP contribution in [-0.2, 0) is 14.3 Å². The number of hydrogen-bond acceptors (Lipinski definition) is 4. The van der Waals surface area contributed by atoms with Crippen molar-refractivity contribution < 1.29 is 14.3 Å². The first-order valence-corrected chi connectivity index (χ1v) is 3.22. The van der Waals surface area contributed by atoms with Gasteiger partial charge in [-0.1, -0.05) is 6.58 Å². The molecule has 0 amide bonds. The zero-order valence-corrected chi connectivity index (χ0v) is 6.48. The van der Waals surface area contributed by atoms with Crippen LogP contribution in [0.1, 0.15) is 6.92 Å². The van der Waals surface area contributed by atoms with E-state index in [0.29, 0.717) is 0 Å². The van der Waals surface area contributed by atoms with E-state index in [1.807, 2.05) is 0 Å². The van der Waals surface area contributed by atoms with Crippen LogP contribution in [0.5, 0.6) is 0 Å². The summed E-state index contributed by atoms with van der Waals surface area (Å²) in [6.07, 6.45) is 0. The number of esters is 2. The summed E-state index contributed by atoms with van der Waals surface area (Å²) in [5.41, 5.74) is 0.204. The van der Waals surface area contributed by atoms with Crippen LogP contribution in [0.4, 0.5) is 0 Å². The van der Waals surface area contributed by atoms with Crippen molar-refractivity contribution >= 4 is 24.6 Å². The highest BCUT2D eigenvalue weighted by molar-refractivity contribution is 7.81. The first-order valence-electron chi connectivity index (χ1n) is 2.59. The standard InChI is InChI=1S/C6H8O3S/c1-4(2)6(8)9-5(7)3-10/h10H,1,3H2,2H3. The van der Waals surface area contributed by atoms with Gasteiger partial charge in [-0.2, -0.15) is 12.6 Å². The fraction of sp³-hybridized carbons (Fsp3) is 0.333. The van der Waals surface area contributed by atoms with Crippen molar-refractivity contribution in [3.05, 3.63) is 12.2 Å². The topological polar surface area (TPSA) is 43.4 Å². The van der Waals surface area contributed by atoms with Crippen molar-refractivity contribution in [2.45, 2.75) is 6.92 Å². The highest BCUT2D eigenvalue weighted by Gasteiger charge is 2.07. The van der Waals surface area contributed by atoms with Gasteiger partial charge in [0.05, 0.1) is 5.75 Å². The van der Waals surface area contributed by atoms with Crippen LogP contribution in [0, 0.1) is 0 Å². The molecule has 0 unspecified atom stereocenters. The molecule has 0 atom stereocenters. The van der Waals surface area contributed by atoms with Gasteiger partial charge in [-0.05, 0) is 6.92 Å². The van der Waals surface area contributed by atoms with Gasteiger partial charge in [-0.3, -0.25) is 4.79 Å². The number of carbonyl (C=O) groups excluding carboxylic acids is 2. The van der Waals surface area contributed by atoms with Crippen molar-refractivity contribution in [2.24, 2.45) is 0 Å². The number of rotatable bonds is 2. The van der Waals surface area contributed by atoms with Crippen molar-refractivity contribution in [2.75, 3.05) is 5.75 Å². The molecule has 0 aliphatic rings. The summed E-state index contributed by atoms with van der Waals surface area (Å²) in [5.74, 6) is -1.45. The molecule has 0 saturated carbocycles. The van der Waals surface area contributed by atoms with Crippen molar-refractivity contribution in [3.8, 4) is 0 Å². The van der Waals surface area contributed by atoms with Gasteiger partial charge >= 0.3 is 11.9 Å². The Morgan fingerprint density at radius 2 is 2.10 bits per heavy atom. The third-order valence-corrected chi connectivity index (χ3v) is 0.942. The molecule has 0 aromatic rings. The van der Waals surface area contributed by atoms with E-state index in [1.54, 1.807) is 0 Å². The Labute approximate surface area is 64.5 Å². The fourth-order valence-electron chi connectivity index (χ4n) is 0.223. The zero-order valence-electron chi connectivity index (χ0n) is 5.59. The van der Waals surface area contributed by atoms with Crippen LogP contribution in [-0.4, -0.2) is 17.7 Å². The molecule has 0 rings (SSSR count). The molecule has 3 nitrogen and oxygen atoms in total. The summed E-state index contributed by atoms with van der Waals surface area (Å²) in [5, 5.41) is 0. The predicted molar refractivity (Wildman–Crippen MR) is 39.8 cm³/mol. The van der Waals surface area contributed by atoms with Gasteiger partial charge in [0.25, 0.3) is 0 Å². The predicted octanol–water partition coefficient (Wildman–Crippen LogP) is 0.562. The van der Waals surface area contributed by atoms with Crippen LogP contribution in [0.25, 0.3) is 0 Å². The molecule has 0 fully saturated rings. The van der Waals surface area contributed by atoms with E-state index in [-0.39, 0.29) is 11.3 Å². The number of thiol groups is 1. The molecule has 0 heterocycles. The van der Waals surface area contributed by atoms with E-state index in [2.05, 4.69) is 23.9 Å². The Bertz CT molecular complexity index is 174. The minimum absolute atomic E-state index is 0.0982. The molecule has 0 N–H and O–H groups in total. The van der Waals surface area contributed by atoms with Gasteiger partial charge in [0.1, 0.15) is 0 Å². The molecule has 0 radical (unpaired) electrons. The molecule has 4 heteroatoms.